The fourth-order valence-electron chi connectivity index (χ4n) is 4.08. The Morgan fingerprint density at radius 1 is 0.929 bits per heavy atom. The van der Waals surface area contributed by atoms with E-state index >= 15 is 0 Å². The fourth-order valence-corrected chi connectivity index (χ4v) is 4.08. The molecule has 4 rings (SSSR count). The second-order valence-corrected chi connectivity index (χ2v) is 7.51. The number of nitrogen functional groups attached to an aromatic ring is 1. The first-order valence-electron chi connectivity index (χ1n) is 9.61. The third-order valence-corrected chi connectivity index (χ3v) is 5.97. The van der Waals surface area contributed by atoms with Crippen molar-refractivity contribution in [2.45, 2.75) is 31.8 Å². The summed E-state index contributed by atoms with van der Waals surface area (Å²) in [6.45, 7) is 3.00. The molecule has 1 aliphatic carbocycles. The van der Waals surface area contributed by atoms with Crippen LogP contribution in [0.4, 0.5) is 5.69 Å². The molecule has 0 radical (unpaired) electrons. The Labute approximate surface area is 164 Å². The van der Waals surface area contributed by atoms with Gasteiger partial charge in [-0.1, -0.05) is 6.07 Å². The second kappa shape index (κ2) is 7.19. The number of rotatable bonds is 3. The number of piperazine rings is 1. The van der Waals surface area contributed by atoms with Gasteiger partial charge in [0.05, 0.1) is 19.2 Å². The van der Waals surface area contributed by atoms with Crippen LogP contribution in [0.1, 0.15) is 39.1 Å². The summed E-state index contributed by atoms with van der Waals surface area (Å²) in [4.78, 5) is 29.8. The number of benzene rings is 2. The van der Waals surface area contributed by atoms with Gasteiger partial charge in [0.15, 0.2) is 0 Å². The van der Waals surface area contributed by atoms with E-state index in [1.807, 2.05) is 28.9 Å². The number of anilines is 1. The zero-order valence-corrected chi connectivity index (χ0v) is 16.2. The number of nitrogens with two attached hydrogens (primary N) is 1. The van der Waals surface area contributed by atoms with Gasteiger partial charge in [-0.15, -0.1) is 0 Å². The predicted octanol–water partition coefficient (Wildman–Crippen LogP) is 2.72. The molecule has 0 unspecified atom stereocenters. The Kier molecular flexibility index (Phi) is 4.71. The summed E-state index contributed by atoms with van der Waals surface area (Å²) in [5.41, 5.74) is 8.84. The van der Waals surface area contributed by atoms with Gasteiger partial charge in [-0.2, -0.15) is 0 Å². The first-order valence-corrected chi connectivity index (χ1v) is 9.61. The van der Waals surface area contributed by atoms with E-state index < -0.39 is 0 Å². The summed E-state index contributed by atoms with van der Waals surface area (Å²) in [6, 6.07) is 12.8. The van der Waals surface area contributed by atoms with Crippen molar-refractivity contribution in [2.75, 3.05) is 25.9 Å². The number of ether oxygens (including phenoxy) is 1. The number of fused-ring (bicyclic) bond motifs is 1. The van der Waals surface area contributed by atoms with Crippen molar-refractivity contribution in [1.29, 1.82) is 0 Å². The summed E-state index contributed by atoms with van der Waals surface area (Å²) in [5.74, 6) is 0.743. The lowest BCUT2D eigenvalue weighted by Gasteiger charge is -2.53. The molecule has 1 saturated carbocycles. The lowest BCUT2D eigenvalue weighted by molar-refractivity contribution is -0.0187. The molecular weight excluding hydrogens is 354 g/mol. The molecule has 2 aliphatic rings. The molecule has 1 heterocycles. The number of carbonyl (C=O) groups excluding carboxylic acids is 2. The van der Waals surface area contributed by atoms with Crippen molar-refractivity contribution in [1.82, 2.24) is 9.80 Å². The SMILES string of the molecule is COc1ccc(C(=O)N2CCN(C(=O)c3ccc(C)c(N)c3)[C@@H]3CC[C@H]32)cc1. The largest absolute Gasteiger partial charge is 0.497 e. The number of nitrogens with zero attached hydrogens (tertiary/aromatic N) is 2. The Morgan fingerprint density at radius 2 is 1.46 bits per heavy atom. The molecule has 2 amide bonds. The minimum atomic E-state index is -0.00190. The Morgan fingerprint density at radius 3 is 1.96 bits per heavy atom. The third-order valence-electron chi connectivity index (χ3n) is 5.97. The van der Waals surface area contributed by atoms with Crippen LogP contribution in [-0.4, -0.2) is 53.9 Å². The Bertz CT molecular complexity index is 910. The van der Waals surface area contributed by atoms with Crippen molar-refractivity contribution in [3.8, 4) is 5.75 Å². The first-order chi connectivity index (χ1) is 13.5. The third kappa shape index (κ3) is 3.09. The maximum atomic E-state index is 13.0. The summed E-state index contributed by atoms with van der Waals surface area (Å²) in [5, 5.41) is 0. The fraction of sp³-hybridized carbons (Fsp3) is 0.364. The second-order valence-electron chi connectivity index (χ2n) is 7.51. The number of carbonyl (C=O) groups is 2. The van der Waals surface area contributed by atoms with E-state index in [4.69, 9.17) is 10.5 Å². The molecule has 1 saturated heterocycles. The molecule has 6 nitrogen and oxygen atoms in total. The normalized spacial score (nSPS) is 20.9. The van der Waals surface area contributed by atoms with Crippen molar-refractivity contribution < 1.29 is 14.3 Å². The number of hydrogen-bond acceptors (Lipinski definition) is 4. The van der Waals surface area contributed by atoms with Gasteiger partial charge in [0, 0.05) is 29.9 Å². The van der Waals surface area contributed by atoms with Gasteiger partial charge in [0.2, 0.25) is 0 Å². The molecule has 2 fully saturated rings. The van der Waals surface area contributed by atoms with Gasteiger partial charge in [0.1, 0.15) is 5.75 Å². The van der Waals surface area contributed by atoms with Gasteiger partial charge >= 0.3 is 0 Å². The van der Waals surface area contributed by atoms with E-state index in [9.17, 15) is 9.59 Å². The summed E-state index contributed by atoms with van der Waals surface area (Å²) in [6.07, 6.45) is 1.84. The van der Waals surface area contributed by atoms with Crippen molar-refractivity contribution in [3.05, 3.63) is 59.2 Å². The van der Waals surface area contributed by atoms with Crippen LogP contribution in [0.25, 0.3) is 0 Å². The highest BCUT2D eigenvalue weighted by atomic mass is 16.5. The first kappa shape index (κ1) is 18.3. The van der Waals surface area contributed by atoms with Crippen LogP contribution < -0.4 is 10.5 Å². The average Bonchev–Trinajstić information content (AvgIpc) is 2.69. The molecule has 0 spiro atoms. The highest BCUT2D eigenvalue weighted by Gasteiger charge is 2.46. The van der Waals surface area contributed by atoms with E-state index in [2.05, 4.69) is 0 Å². The summed E-state index contributed by atoms with van der Waals surface area (Å²) >= 11 is 0. The van der Waals surface area contributed by atoms with Crippen LogP contribution in [0.5, 0.6) is 5.75 Å². The summed E-state index contributed by atoms with van der Waals surface area (Å²) in [7, 11) is 1.60. The molecule has 0 bridgehead atoms. The van der Waals surface area contributed by atoms with Crippen LogP contribution >= 0.6 is 0 Å². The topological polar surface area (TPSA) is 75.9 Å². The molecule has 1 aliphatic heterocycles. The smallest absolute Gasteiger partial charge is 0.254 e. The van der Waals surface area contributed by atoms with Gasteiger partial charge in [-0.3, -0.25) is 9.59 Å². The maximum absolute atomic E-state index is 13.0. The lowest BCUT2D eigenvalue weighted by atomic mass is 9.81. The molecule has 6 heteroatoms. The van der Waals surface area contributed by atoms with Crippen LogP contribution in [0, 0.1) is 6.92 Å². The lowest BCUT2D eigenvalue weighted by Crippen LogP contribution is -2.67. The Balaban J connectivity index is 1.49. The minimum Gasteiger partial charge on any atom is -0.497 e. The van der Waals surface area contributed by atoms with E-state index in [-0.39, 0.29) is 23.9 Å². The highest BCUT2D eigenvalue weighted by molar-refractivity contribution is 5.97. The van der Waals surface area contributed by atoms with E-state index in [0.29, 0.717) is 29.9 Å². The van der Waals surface area contributed by atoms with Gasteiger partial charge in [-0.25, -0.2) is 0 Å². The zero-order chi connectivity index (χ0) is 19.8. The molecule has 2 aromatic rings. The highest BCUT2D eigenvalue weighted by Crippen LogP contribution is 2.35. The Hall–Kier alpha value is -3.02. The molecule has 0 aromatic heterocycles. The number of amides is 2. The number of aryl methyl sites for hydroxylation is 1. The van der Waals surface area contributed by atoms with E-state index in [0.717, 1.165) is 24.2 Å². The minimum absolute atomic E-state index is 0.00190. The van der Waals surface area contributed by atoms with Gasteiger partial charge in [-0.05, 0) is 61.7 Å². The monoisotopic (exact) mass is 379 g/mol. The van der Waals surface area contributed by atoms with Gasteiger partial charge in [0.25, 0.3) is 11.8 Å². The van der Waals surface area contributed by atoms with Crippen molar-refractivity contribution >= 4 is 17.5 Å². The molecule has 146 valence electrons. The maximum Gasteiger partial charge on any atom is 0.254 e. The van der Waals surface area contributed by atoms with Gasteiger partial charge < -0.3 is 20.3 Å². The molecular formula is C22H25N3O3. The van der Waals surface area contributed by atoms with Crippen molar-refractivity contribution in [2.24, 2.45) is 0 Å². The average molecular weight is 379 g/mol. The number of hydrogen-bond donors (Lipinski definition) is 1. The molecule has 2 atom stereocenters. The summed E-state index contributed by atoms with van der Waals surface area (Å²) < 4.78 is 5.16. The van der Waals surface area contributed by atoms with Crippen LogP contribution in [0.15, 0.2) is 42.5 Å². The molecule has 28 heavy (non-hydrogen) atoms. The zero-order valence-electron chi connectivity index (χ0n) is 16.2. The standard InChI is InChI=1S/C22H25N3O3/c1-14-3-4-16(13-18(14)23)22(27)25-12-11-24(19-9-10-20(19)25)21(26)15-5-7-17(28-2)8-6-15/h3-8,13,19-20H,9-12,23H2,1-2H3/t19-,20-/m1/s1. The number of methoxy groups -OCH3 is 1. The van der Waals surface area contributed by atoms with Crippen LogP contribution in [0.2, 0.25) is 0 Å². The van der Waals surface area contributed by atoms with Crippen LogP contribution in [-0.2, 0) is 0 Å². The van der Waals surface area contributed by atoms with E-state index in [1.165, 1.54) is 0 Å². The molecule has 2 N–H and O–H groups in total. The van der Waals surface area contributed by atoms with Crippen LogP contribution in [0.3, 0.4) is 0 Å². The van der Waals surface area contributed by atoms with E-state index in [1.54, 1.807) is 37.4 Å². The quantitative estimate of drug-likeness (QED) is 0.832. The van der Waals surface area contributed by atoms with Crippen molar-refractivity contribution in [3.63, 3.8) is 0 Å². The predicted molar refractivity (Wildman–Crippen MR) is 107 cm³/mol. The molecule has 2 aromatic carbocycles.